The molecule has 0 N–H and O–H groups in total. The molecule has 0 atom stereocenters. The Morgan fingerprint density at radius 3 is 2.45 bits per heavy atom. The van der Waals surface area contributed by atoms with Crippen LogP contribution in [0.3, 0.4) is 0 Å². The number of imide groups is 1. The molecular weight excluding hydrogens is 488 g/mol. The molecule has 0 bridgehead atoms. The summed E-state index contributed by atoms with van der Waals surface area (Å²) in [6.45, 7) is 5.69. The third-order valence-electron chi connectivity index (χ3n) is 5.63. The number of hydrogen-bond donors (Lipinski definition) is 0. The van der Waals surface area contributed by atoms with E-state index in [9.17, 15) is 19.6 Å². The molecule has 2 amide bonds. The first kappa shape index (κ1) is 28.2. The largest absolute Gasteiger partial charge is 0.490 e. The van der Waals surface area contributed by atoms with E-state index in [-0.39, 0.29) is 37.5 Å². The standard InChI is InChI=1S/C29H30N2O7/c1-4-36-27-17-23(10-11-26(27)38-19-22-8-6-5-7-9-22)16-24-20(2)25(18-30)29(34)31(28(24)33)12-13-35-14-15-37-21(3)32/h5-11,16-17H,4,12-15,19H2,1-3H3/b24-16+. The molecule has 0 aromatic heterocycles. The highest BCUT2D eigenvalue weighted by Gasteiger charge is 2.35. The quantitative estimate of drug-likeness (QED) is 0.180. The number of ether oxygens (including phenoxy) is 4. The predicted molar refractivity (Wildman–Crippen MR) is 139 cm³/mol. The van der Waals surface area contributed by atoms with E-state index in [1.807, 2.05) is 43.3 Å². The van der Waals surface area contributed by atoms with Crippen LogP contribution in [0.1, 0.15) is 31.9 Å². The van der Waals surface area contributed by atoms with E-state index in [1.54, 1.807) is 31.2 Å². The van der Waals surface area contributed by atoms with Crippen molar-refractivity contribution in [3.63, 3.8) is 0 Å². The molecule has 2 aromatic carbocycles. The minimum atomic E-state index is -0.671. The number of amides is 2. The lowest BCUT2D eigenvalue weighted by molar-refractivity contribution is -0.142. The Hall–Kier alpha value is -4.42. The Balaban J connectivity index is 1.80. The number of nitrogens with zero attached hydrogens (tertiary/aromatic N) is 2. The molecular formula is C29H30N2O7. The number of carbonyl (C=O) groups excluding carboxylic acids is 3. The van der Waals surface area contributed by atoms with Gasteiger partial charge < -0.3 is 18.9 Å². The zero-order chi connectivity index (χ0) is 27.5. The maximum Gasteiger partial charge on any atom is 0.302 e. The van der Waals surface area contributed by atoms with Crippen molar-refractivity contribution in [3.05, 3.63) is 76.4 Å². The summed E-state index contributed by atoms with van der Waals surface area (Å²) in [6.07, 6.45) is 1.62. The lowest BCUT2D eigenvalue weighted by Crippen LogP contribution is -2.44. The first-order valence-corrected chi connectivity index (χ1v) is 12.2. The van der Waals surface area contributed by atoms with Gasteiger partial charge in [0.05, 0.1) is 26.4 Å². The number of hydrogen-bond acceptors (Lipinski definition) is 8. The van der Waals surface area contributed by atoms with Gasteiger partial charge >= 0.3 is 5.97 Å². The van der Waals surface area contributed by atoms with Crippen molar-refractivity contribution >= 4 is 23.9 Å². The van der Waals surface area contributed by atoms with Gasteiger partial charge in [-0.05, 0) is 48.8 Å². The molecule has 0 fully saturated rings. The van der Waals surface area contributed by atoms with Crippen molar-refractivity contribution in [2.24, 2.45) is 0 Å². The minimum absolute atomic E-state index is 0.0335. The predicted octanol–water partition coefficient (Wildman–Crippen LogP) is 3.84. The van der Waals surface area contributed by atoms with Gasteiger partial charge in [-0.1, -0.05) is 36.4 Å². The Morgan fingerprint density at radius 2 is 1.76 bits per heavy atom. The van der Waals surface area contributed by atoms with E-state index >= 15 is 0 Å². The van der Waals surface area contributed by atoms with Crippen LogP contribution in [0.15, 0.2) is 65.3 Å². The number of carbonyl (C=O) groups is 3. The fourth-order valence-electron chi connectivity index (χ4n) is 3.74. The van der Waals surface area contributed by atoms with E-state index in [0.29, 0.717) is 35.8 Å². The topological polar surface area (TPSA) is 115 Å². The number of benzene rings is 2. The average Bonchev–Trinajstić information content (AvgIpc) is 2.90. The van der Waals surface area contributed by atoms with Crippen LogP contribution in [0.2, 0.25) is 0 Å². The second-order valence-electron chi connectivity index (χ2n) is 8.30. The smallest absolute Gasteiger partial charge is 0.302 e. The van der Waals surface area contributed by atoms with Gasteiger partial charge in [0, 0.05) is 12.5 Å². The lowest BCUT2D eigenvalue weighted by atomic mass is 9.93. The summed E-state index contributed by atoms with van der Waals surface area (Å²) in [6, 6.07) is 17.0. The minimum Gasteiger partial charge on any atom is -0.490 e. The molecule has 1 heterocycles. The zero-order valence-corrected chi connectivity index (χ0v) is 21.7. The second kappa shape index (κ2) is 13.8. The Labute approximate surface area is 221 Å². The molecule has 38 heavy (non-hydrogen) atoms. The Morgan fingerprint density at radius 1 is 1.00 bits per heavy atom. The van der Waals surface area contributed by atoms with E-state index in [0.717, 1.165) is 10.5 Å². The van der Waals surface area contributed by atoms with Gasteiger partial charge in [-0.25, -0.2) is 0 Å². The summed E-state index contributed by atoms with van der Waals surface area (Å²) >= 11 is 0. The maximum absolute atomic E-state index is 13.3. The molecule has 9 nitrogen and oxygen atoms in total. The third-order valence-corrected chi connectivity index (χ3v) is 5.63. The van der Waals surface area contributed by atoms with Crippen LogP contribution in [0, 0.1) is 11.3 Å². The Bertz CT molecular complexity index is 1280. The third kappa shape index (κ3) is 7.31. The van der Waals surface area contributed by atoms with Gasteiger partial charge in [0.25, 0.3) is 11.8 Å². The molecule has 198 valence electrons. The van der Waals surface area contributed by atoms with E-state index in [2.05, 4.69) is 0 Å². The summed E-state index contributed by atoms with van der Waals surface area (Å²) in [4.78, 5) is 37.9. The second-order valence-corrected chi connectivity index (χ2v) is 8.30. The molecule has 0 saturated carbocycles. The molecule has 0 aliphatic carbocycles. The fourth-order valence-corrected chi connectivity index (χ4v) is 3.74. The maximum atomic E-state index is 13.3. The van der Waals surface area contributed by atoms with Crippen molar-refractivity contribution in [2.45, 2.75) is 27.4 Å². The van der Waals surface area contributed by atoms with Crippen LogP contribution in [-0.2, 0) is 30.5 Å². The van der Waals surface area contributed by atoms with E-state index < -0.39 is 17.8 Å². The molecule has 0 radical (unpaired) electrons. The highest BCUT2D eigenvalue weighted by Crippen LogP contribution is 2.32. The first-order chi connectivity index (χ1) is 18.3. The zero-order valence-electron chi connectivity index (χ0n) is 21.7. The molecule has 1 aliphatic rings. The van der Waals surface area contributed by atoms with Gasteiger partial charge in [-0.2, -0.15) is 5.26 Å². The lowest BCUT2D eigenvalue weighted by Gasteiger charge is -2.27. The molecule has 0 saturated heterocycles. The molecule has 0 unspecified atom stereocenters. The monoisotopic (exact) mass is 518 g/mol. The van der Waals surface area contributed by atoms with Crippen molar-refractivity contribution in [1.29, 1.82) is 5.26 Å². The first-order valence-electron chi connectivity index (χ1n) is 12.2. The van der Waals surface area contributed by atoms with Crippen LogP contribution in [0.4, 0.5) is 0 Å². The normalized spacial score (nSPS) is 14.5. The van der Waals surface area contributed by atoms with Crippen LogP contribution in [0.5, 0.6) is 11.5 Å². The molecule has 1 aliphatic heterocycles. The van der Waals surface area contributed by atoms with Crippen LogP contribution in [0.25, 0.3) is 6.08 Å². The molecule has 0 spiro atoms. The van der Waals surface area contributed by atoms with Crippen molar-refractivity contribution in [2.75, 3.05) is 33.0 Å². The number of esters is 1. The number of rotatable bonds is 12. The van der Waals surface area contributed by atoms with Gasteiger partial charge in [-0.3, -0.25) is 19.3 Å². The SMILES string of the molecule is CCOc1cc(/C=C2/C(=O)N(CCOCCOC(C)=O)C(=O)C(C#N)=C2C)ccc1OCc1ccccc1. The van der Waals surface area contributed by atoms with E-state index in [4.69, 9.17) is 18.9 Å². The van der Waals surface area contributed by atoms with Crippen LogP contribution in [-0.4, -0.2) is 55.7 Å². The highest BCUT2D eigenvalue weighted by molar-refractivity contribution is 6.19. The van der Waals surface area contributed by atoms with Gasteiger partial charge in [0.2, 0.25) is 0 Å². The number of nitriles is 1. The van der Waals surface area contributed by atoms with Gasteiger partial charge in [-0.15, -0.1) is 0 Å². The summed E-state index contributed by atoms with van der Waals surface area (Å²) in [5.41, 5.74) is 2.08. The molecule has 9 heteroatoms. The average molecular weight is 519 g/mol. The van der Waals surface area contributed by atoms with Gasteiger partial charge in [0.1, 0.15) is 24.9 Å². The van der Waals surface area contributed by atoms with Crippen molar-refractivity contribution < 1.29 is 33.3 Å². The van der Waals surface area contributed by atoms with Crippen molar-refractivity contribution in [1.82, 2.24) is 4.90 Å². The fraction of sp³-hybridized carbons (Fsp3) is 0.310. The van der Waals surface area contributed by atoms with E-state index in [1.165, 1.54) is 6.92 Å². The summed E-state index contributed by atoms with van der Waals surface area (Å²) in [5, 5.41) is 9.61. The Kier molecular flexibility index (Phi) is 10.2. The summed E-state index contributed by atoms with van der Waals surface area (Å²) in [7, 11) is 0. The molecule has 2 aromatic rings. The van der Waals surface area contributed by atoms with Crippen molar-refractivity contribution in [3.8, 4) is 17.6 Å². The van der Waals surface area contributed by atoms with Crippen LogP contribution < -0.4 is 9.47 Å². The van der Waals surface area contributed by atoms with Crippen LogP contribution >= 0.6 is 0 Å². The highest BCUT2D eigenvalue weighted by atomic mass is 16.6. The summed E-state index contributed by atoms with van der Waals surface area (Å²) < 4.78 is 21.9. The molecule has 3 rings (SSSR count). The summed E-state index contributed by atoms with van der Waals surface area (Å²) in [5.74, 6) is -0.557. The van der Waals surface area contributed by atoms with Gasteiger partial charge in [0.15, 0.2) is 11.5 Å².